The maximum Gasteiger partial charge on any atom is 0.176 e. The maximum atomic E-state index is 11.7. The Morgan fingerprint density at radius 3 is 1.94 bits per heavy atom. The number of carbonyl (C=O) groups excluding carboxylic acids is 1. The summed E-state index contributed by atoms with van der Waals surface area (Å²) in [6.45, 7) is 0. The largest absolute Gasteiger partial charge is 0.302 e. The third kappa shape index (κ3) is 7.41. The van der Waals surface area contributed by atoms with E-state index in [1.165, 1.54) is 32.1 Å². The highest BCUT2D eigenvalue weighted by atomic mass is 16.1. The van der Waals surface area contributed by atoms with E-state index >= 15 is 0 Å². The van der Waals surface area contributed by atoms with E-state index in [4.69, 9.17) is 5.41 Å². The predicted molar refractivity (Wildman–Crippen MR) is 77.3 cm³/mol. The van der Waals surface area contributed by atoms with Crippen molar-refractivity contribution in [2.24, 2.45) is 0 Å². The molecule has 1 rings (SSSR count). The number of ketones is 1. The molecule has 0 fully saturated rings. The van der Waals surface area contributed by atoms with E-state index < -0.39 is 0 Å². The van der Waals surface area contributed by atoms with Crippen molar-refractivity contribution in [1.82, 2.24) is 0 Å². The third-order valence-electron chi connectivity index (χ3n) is 3.58. The van der Waals surface area contributed by atoms with Gasteiger partial charge in [0.25, 0.3) is 0 Å². The number of Topliss-reactive ketones (excluding diaryl/α,β-unsaturated/α-hetero) is 1. The summed E-state index contributed by atoms with van der Waals surface area (Å²) in [6.07, 6.45) is 17.5. The molecule has 1 aliphatic rings. The maximum absolute atomic E-state index is 11.7. The molecule has 18 heavy (non-hydrogen) atoms. The van der Waals surface area contributed by atoms with Gasteiger partial charge in [-0.05, 0) is 44.9 Å². The fourth-order valence-electron chi connectivity index (χ4n) is 2.34. The van der Waals surface area contributed by atoms with E-state index in [-0.39, 0.29) is 5.78 Å². The van der Waals surface area contributed by atoms with Crippen LogP contribution in [0.25, 0.3) is 0 Å². The van der Waals surface area contributed by atoms with Gasteiger partial charge in [-0.1, -0.05) is 37.8 Å². The zero-order valence-electron chi connectivity index (χ0n) is 11.5. The Balaban J connectivity index is 2.30. The molecule has 0 aromatic carbocycles. The molecule has 2 heteroatoms. The number of allylic oxidation sites excluding steroid dienone is 2. The normalized spacial score (nSPS) is 23.8. The van der Waals surface area contributed by atoms with Gasteiger partial charge in [-0.3, -0.25) is 4.79 Å². The third-order valence-corrected chi connectivity index (χ3v) is 3.58. The fourth-order valence-corrected chi connectivity index (χ4v) is 2.34. The van der Waals surface area contributed by atoms with Crippen LogP contribution in [-0.4, -0.2) is 11.5 Å². The van der Waals surface area contributed by atoms with Crippen LogP contribution in [0.2, 0.25) is 0 Å². The van der Waals surface area contributed by atoms with E-state index in [2.05, 4.69) is 12.2 Å². The Morgan fingerprint density at radius 2 is 1.22 bits per heavy atom. The summed E-state index contributed by atoms with van der Waals surface area (Å²) in [4.78, 5) is 11.7. The number of nitrogens with one attached hydrogen (secondary N) is 1. The lowest BCUT2D eigenvalue weighted by molar-refractivity contribution is -0.113. The zero-order chi connectivity index (χ0) is 13.1. The number of rotatable bonds is 0. The molecule has 0 aliphatic heterocycles. The molecule has 1 aliphatic carbocycles. The van der Waals surface area contributed by atoms with E-state index in [1.54, 1.807) is 0 Å². The molecule has 2 nitrogen and oxygen atoms in total. The minimum atomic E-state index is 0.0852. The Bertz CT molecular complexity index is 281. The van der Waals surface area contributed by atoms with Crippen molar-refractivity contribution in [3.8, 4) is 0 Å². The molecular formula is C16H27NO. The molecule has 0 aromatic heterocycles. The first kappa shape index (κ1) is 15.1. The molecule has 0 atom stereocenters. The molecule has 0 radical (unpaired) electrons. The quantitative estimate of drug-likeness (QED) is 0.614. The monoisotopic (exact) mass is 249 g/mol. The van der Waals surface area contributed by atoms with Crippen LogP contribution in [0.3, 0.4) is 0 Å². The van der Waals surface area contributed by atoms with Crippen molar-refractivity contribution in [3.05, 3.63) is 12.2 Å². The molecule has 0 aromatic rings. The van der Waals surface area contributed by atoms with Gasteiger partial charge in [0, 0.05) is 6.42 Å². The van der Waals surface area contributed by atoms with Crippen molar-refractivity contribution in [2.75, 3.05) is 0 Å². The summed E-state index contributed by atoms with van der Waals surface area (Å²) < 4.78 is 0. The van der Waals surface area contributed by atoms with Gasteiger partial charge in [0.05, 0.1) is 5.71 Å². The van der Waals surface area contributed by atoms with Crippen LogP contribution in [0.1, 0.15) is 77.0 Å². The smallest absolute Gasteiger partial charge is 0.176 e. The highest BCUT2D eigenvalue weighted by molar-refractivity contribution is 6.38. The fraction of sp³-hybridized carbons (Fsp3) is 0.750. The Morgan fingerprint density at radius 1 is 0.722 bits per heavy atom. The van der Waals surface area contributed by atoms with Crippen LogP contribution in [0.4, 0.5) is 0 Å². The second kappa shape index (κ2) is 10.0. The van der Waals surface area contributed by atoms with E-state index in [0.29, 0.717) is 18.6 Å². The van der Waals surface area contributed by atoms with Gasteiger partial charge in [0.1, 0.15) is 0 Å². The summed E-state index contributed by atoms with van der Waals surface area (Å²) in [5.41, 5.74) is 0.359. The number of hydrogen-bond acceptors (Lipinski definition) is 2. The van der Waals surface area contributed by atoms with Gasteiger partial charge >= 0.3 is 0 Å². The van der Waals surface area contributed by atoms with Gasteiger partial charge in [-0.2, -0.15) is 0 Å². The van der Waals surface area contributed by atoms with Crippen molar-refractivity contribution in [1.29, 1.82) is 5.41 Å². The Kier molecular flexibility index (Phi) is 8.45. The molecular weight excluding hydrogens is 222 g/mol. The molecule has 0 saturated carbocycles. The zero-order valence-corrected chi connectivity index (χ0v) is 11.5. The highest BCUT2D eigenvalue weighted by Gasteiger charge is 2.08. The standard InChI is InChI=1S/C16H27NO/c17-15-13-11-9-7-5-3-1-2-4-6-8-10-12-14-16(15)18/h1,3,17H,2,4-14H2/b3-1+,17-15?. The Hall–Kier alpha value is -0.920. The summed E-state index contributed by atoms with van der Waals surface area (Å²) in [7, 11) is 0. The first-order valence-corrected chi connectivity index (χ1v) is 7.56. The van der Waals surface area contributed by atoms with Crippen LogP contribution in [-0.2, 0) is 4.79 Å². The van der Waals surface area contributed by atoms with Crippen LogP contribution in [0.5, 0.6) is 0 Å². The average molecular weight is 249 g/mol. The second-order valence-electron chi connectivity index (χ2n) is 5.28. The Labute approximate surface area is 111 Å². The van der Waals surface area contributed by atoms with Crippen LogP contribution < -0.4 is 0 Å². The van der Waals surface area contributed by atoms with Crippen molar-refractivity contribution in [3.63, 3.8) is 0 Å². The molecule has 1 N–H and O–H groups in total. The van der Waals surface area contributed by atoms with Crippen molar-refractivity contribution < 1.29 is 4.79 Å². The van der Waals surface area contributed by atoms with Crippen molar-refractivity contribution >= 4 is 11.5 Å². The lowest BCUT2D eigenvalue weighted by atomic mass is 10.0. The van der Waals surface area contributed by atoms with Gasteiger partial charge < -0.3 is 5.41 Å². The number of carbonyl (C=O) groups is 1. The second-order valence-corrected chi connectivity index (χ2v) is 5.28. The molecule has 0 spiro atoms. The summed E-state index contributed by atoms with van der Waals surface area (Å²) in [5.74, 6) is 0.0852. The van der Waals surface area contributed by atoms with E-state index in [9.17, 15) is 4.79 Å². The summed E-state index contributed by atoms with van der Waals surface area (Å²) >= 11 is 0. The highest BCUT2D eigenvalue weighted by Crippen LogP contribution is 2.11. The average Bonchev–Trinajstić information content (AvgIpc) is 2.37. The first-order chi connectivity index (χ1) is 8.80. The van der Waals surface area contributed by atoms with E-state index in [0.717, 1.165) is 32.1 Å². The minimum absolute atomic E-state index is 0.0852. The molecule has 0 saturated heterocycles. The van der Waals surface area contributed by atoms with Gasteiger partial charge in [-0.15, -0.1) is 0 Å². The predicted octanol–water partition coefficient (Wildman–Crippen LogP) is 4.83. The van der Waals surface area contributed by atoms with Crippen LogP contribution in [0.15, 0.2) is 12.2 Å². The van der Waals surface area contributed by atoms with Crippen LogP contribution in [0, 0.1) is 5.41 Å². The van der Waals surface area contributed by atoms with Crippen molar-refractivity contribution in [2.45, 2.75) is 77.0 Å². The molecule has 102 valence electrons. The molecule has 0 unspecified atom stereocenters. The molecule has 0 heterocycles. The van der Waals surface area contributed by atoms with Gasteiger partial charge in [-0.25, -0.2) is 0 Å². The lowest BCUT2D eigenvalue weighted by Gasteiger charge is -2.04. The van der Waals surface area contributed by atoms with Gasteiger partial charge in [0.15, 0.2) is 5.78 Å². The lowest BCUT2D eigenvalue weighted by Crippen LogP contribution is -2.12. The number of hydrogen-bond donors (Lipinski definition) is 1. The topological polar surface area (TPSA) is 40.9 Å². The minimum Gasteiger partial charge on any atom is -0.302 e. The van der Waals surface area contributed by atoms with Crippen LogP contribution >= 0.6 is 0 Å². The first-order valence-electron chi connectivity index (χ1n) is 7.56. The SMILES string of the molecule is N=C1CCCCC/C=C/CCCCCCCC1=O. The van der Waals surface area contributed by atoms with Gasteiger partial charge in [0.2, 0.25) is 0 Å². The molecule has 0 bridgehead atoms. The summed E-state index contributed by atoms with van der Waals surface area (Å²) in [6, 6.07) is 0. The van der Waals surface area contributed by atoms with E-state index in [1.807, 2.05) is 0 Å². The molecule has 0 amide bonds. The summed E-state index contributed by atoms with van der Waals surface area (Å²) in [5, 5.41) is 7.74.